The predicted molar refractivity (Wildman–Crippen MR) is 107 cm³/mol. The monoisotopic (exact) mass is 376 g/mol. The number of nitrogens with zero attached hydrogens (tertiary/aromatic N) is 2. The van der Waals surface area contributed by atoms with Crippen LogP contribution in [-0.2, 0) is 11.2 Å². The highest BCUT2D eigenvalue weighted by atomic mass is 16.5. The molecule has 2 aromatic carbocycles. The quantitative estimate of drug-likeness (QED) is 0.635. The molecule has 3 rings (SSSR count). The molecule has 0 radical (unpaired) electrons. The van der Waals surface area contributed by atoms with E-state index in [0.29, 0.717) is 17.2 Å². The second-order valence-corrected chi connectivity index (χ2v) is 5.97. The van der Waals surface area contributed by atoms with Gasteiger partial charge in [-0.2, -0.15) is 0 Å². The molecule has 0 saturated heterocycles. The van der Waals surface area contributed by atoms with Crippen LogP contribution in [0.4, 0.5) is 17.3 Å². The van der Waals surface area contributed by atoms with E-state index in [1.807, 2.05) is 24.3 Å². The van der Waals surface area contributed by atoms with Crippen molar-refractivity contribution in [2.75, 3.05) is 17.7 Å². The number of hydrogen-bond donors (Lipinski definition) is 2. The highest BCUT2D eigenvalue weighted by Gasteiger charge is 2.11. The van der Waals surface area contributed by atoms with E-state index in [1.54, 1.807) is 24.3 Å². The lowest BCUT2D eigenvalue weighted by Gasteiger charge is -2.08. The van der Waals surface area contributed by atoms with Gasteiger partial charge in [0.1, 0.15) is 5.69 Å². The molecule has 0 spiro atoms. The van der Waals surface area contributed by atoms with Crippen molar-refractivity contribution in [1.29, 1.82) is 0 Å². The maximum atomic E-state index is 12.5. The van der Waals surface area contributed by atoms with Crippen molar-refractivity contribution in [2.45, 2.75) is 13.3 Å². The minimum absolute atomic E-state index is 0.200. The number of anilines is 3. The van der Waals surface area contributed by atoms with Crippen molar-refractivity contribution in [3.05, 3.63) is 77.6 Å². The first-order valence-electron chi connectivity index (χ1n) is 8.78. The van der Waals surface area contributed by atoms with E-state index in [2.05, 4.69) is 32.3 Å². The molecule has 1 amide bonds. The van der Waals surface area contributed by atoms with Gasteiger partial charge in [-0.25, -0.2) is 14.8 Å². The zero-order chi connectivity index (χ0) is 19.9. The summed E-state index contributed by atoms with van der Waals surface area (Å²) in [6.07, 6.45) is 2.47. The molecule has 7 nitrogen and oxygen atoms in total. The van der Waals surface area contributed by atoms with E-state index in [1.165, 1.54) is 24.9 Å². The molecule has 28 heavy (non-hydrogen) atoms. The van der Waals surface area contributed by atoms with E-state index in [9.17, 15) is 9.59 Å². The third-order valence-corrected chi connectivity index (χ3v) is 4.05. The molecular formula is C21H20N4O3. The van der Waals surface area contributed by atoms with Crippen LogP contribution >= 0.6 is 0 Å². The van der Waals surface area contributed by atoms with Crippen molar-refractivity contribution in [2.24, 2.45) is 0 Å². The third-order valence-electron chi connectivity index (χ3n) is 4.05. The average molecular weight is 376 g/mol. The summed E-state index contributed by atoms with van der Waals surface area (Å²) in [6.45, 7) is 2.09. The number of esters is 1. The number of methoxy groups -OCH3 is 1. The summed E-state index contributed by atoms with van der Waals surface area (Å²) in [6, 6.07) is 15.9. The fourth-order valence-corrected chi connectivity index (χ4v) is 2.54. The molecule has 1 aromatic heterocycles. The standard InChI is InChI=1S/C21H20N4O3/c1-3-14-7-9-16(10-8-14)24-21-22-12-11-18(25-21)19(26)23-17-6-4-5-15(13-17)20(27)28-2/h4-13H,3H2,1-2H3,(H,23,26)(H,22,24,25). The third kappa shape index (κ3) is 4.70. The summed E-state index contributed by atoms with van der Waals surface area (Å²) in [5.74, 6) is -0.562. The smallest absolute Gasteiger partial charge is 0.337 e. The Kier molecular flexibility index (Phi) is 5.96. The van der Waals surface area contributed by atoms with Gasteiger partial charge in [-0.15, -0.1) is 0 Å². The Morgan fingerprint density at radius 3 is 2.54 bits per heavy atom. The molecule has 0 atom stereocenters. The van der Waals surface area contributed by atoms with Crippen LogP contribution in [0.25, 0.3) is 0 Å². The predicted octanol–water partition coefficient (Wildman–Crippen LogP) is 3.82. The summed E-state index contributed by atoms with van der Waals surface area (Å²) >= 11 is 0. The van der Waals surface area contributed by atoms with Gasteiger partial charge < -0.3 is 15.4 Å². The second kappa shape index (κ2) is 8.77. The lowest BCUT2D eigenvalue weighted by molar-refractivity contribution is 0.0600. The Labute approximate surface area is 162 Å². The van der Waals surface area contributed by atoms with Crippen LogP contribution in [0.3, 0.4) is 0 Å². The zero-order valence-electron chi connectivity index (χ0n) is 15.6. The minimum atomic E-state index is -0.473. The SMILES string of the molecule is CCc1ccc(Nc2nccc(C(=O)Nc3cccc(C(=O)OC)c3)n2)cc1. The van der Waals surface area contributed by atoms with Crippen LogP contribution in [0.5, 0.6) is 0 Å². The molecule has 0 aliphatic carbocycles. The fourth-order valence-electron chi connectivity index (χ4n) is 2.54. The molecule has 0 bridgehead atoms. The topological polar surface area (TPSA) is 93.2 Å². The Morgan fingerprint density at radius 1 is 1.04 bits per heavy atom. The molecule has 0 aliphatic rings. The number of nitrogens with one attached hydrogen (secondary N) is 2. The molecule has 3 aromatic rings. The number of amides is 1. The van der Waals surface area contributed by atoms with Crippen LogP contribution in [0.1, 0.15) is 33.3 Å². The highest BCUT2D eigenvalue weighted by Crippen LogP contribution is 2.16. The number of rotatable bonds is 6. The van der Waals surface area contributed by atoms with Gasteiger partial charge >= 0.3 is 5.97 Å². The van der Waals surface area contributed by atoms with Crippen LogP contribution in [0.2, 0.25) is 0 Å². The van der Waals surface area contributed by atoms with Gasteiger partial charge in [-0.1, -0.05) is 25.1 Å². The van der Waals surface area contributed by atoms with E-state index in [-0.39, 0.29) is 5.69 Å². The van der Waals surface area contributed by atoms with Gasteiger partial charge in [0.15, 0.2) is 0 Å². The van der Waals surface area contributed by atoms with Crippen LogP contribution in [0.15, 0.2) is 60.8 Å². The molecule has 0 saturated carbocycles. The average Bonchev–Trinajstić information content (AvgIpc) is 2.74. The van der Waals surface area contributed by atoms with Gasteiger partial charge in [0.2, 0.25) is 5.95 Å². The lowest BCUT2D eigenvalue weighted by atomic mass is 10.1. The first-order chi connectivity index (χ1) is 13.6. The second-order valence-electron chi connectivity index (χ2n) is 5.97. The Bertz CT molecular complexity index is 987. The maximum absolute atomic E-state index is 12.5. The summed E-state index contributed by atoms with van der Waals surface area (Å²) in [4.78, 5) is 32.5. The molecule has 7 heteroatoms. The summed E-state index contributed by atoms with van der Waals surface area (Å²) < 4.78 is 4.69. The van der Waals surface area contributed by atoms with E-state index >= 15 is 0 Å². The number of aryl methyl sites for hydroxylation is 1. The number of aromatic nitrogens is 2. The lowest BCUT2D eigenvalue weighted by Crippen LogP contribution is -2.15. The largest absolute Gasteiger partial charge is 0.465 e. The van der Waals surface area contributed by atoms with Gasteiger partial charge in [-0.05, 0) is 48.4 Å². The van der Waals surface area contributed by atoms with E-state index in [4.69, 9.17) is 0 Å². The molecule has 142 valence electrons. The number of hydrogen-bond acceptors (Lipinski definition) is 6. The van der Waals surface area contributed by atoms with Gasteiger partial charge in [0.05, 0.1) is 12.7 Å². The Hall–Kier alpha value is -3.74. The normalized spacial score (nSPS) is 10.2. The zero-order valence-corrected chi connectivity index (χ0v) is 15.6. The maximum Gasteiger partial charge on any atom is 0.337 e. The first kappa shape index (κ1) is 19.0. The molecule has 0 aliphatic heterocycles. The molecule has 0 unspecified atom stereocenters. The van der Waals surface area contributed by atoms with Crippen molar-refractivity contribution < 1.29 is 14.3 Å². The summed E-state index contributed by atoms with van der Waals surface area (Å²) in [7, 11) is 1.30. The summed E-state index contributed by atoms with van der Waals surface area (Å²) in [5.41, 5.74) is 3.08. The number of ether oxygens (including phenoxy) is 1. The van der Waals surface area contributed by atoms with Crippen molar-refractivity contribution in [3.63, 3.8) is 0 Å². The van der Waals surface area contributed by atoms with Gasteiger partial charge in [0.25, 0.3) is 5.91 Å². The Morgan fingerprint density at radius 2 is 1.82 bits per heavy atom. The fraction of sp³-hybridized carbons (Fsp3) is 0.143. The number of carbonyl (C=O) groups is 2. The van der Waals surface area contributed by atoms with Crippen LogP contribution < -0.4 is 10.6 Å². The van der Waals surface area contributed by atoms with Crippen molar-refractivity contribution in [3.8, 4) is 0 Å². The van der Waals surface area contributed by atoms with Crippen LogP contribution in [-0.4, -0.2) is 29.0 Å². The molecule has 0 fully saturated rings. The molecule has 1 heterocycles. The minimum Gasteiger partial charge on any atom is -0.465 e. The first-order valence-corrected chi connectivity index (χ1v) is 8.78. The molecule has 2 N–H and O–H groups in total. The van der Waals surface area contributed by atoms with E-state index in [0.717, 1.165) is 12.1 Å². The number of carbonyl (C=O) groups excluding carboxylic acids is 2. The van der Waals surface area contributed by atoms with Crippen molar-refractivity contribution in [1.82, 2.24) is 9.97 Å². The van der Waals surface area contributed by atoms with Gasteiger partial charge in [0, 0.05) is 17.6 Å². The number of benzene rings is 2. The van der Waals surface area contributed by atoms with Crippen LogP contribution in [0, 0.1) is 0 Å². The molecular weight excluding hydrogens is 356 g/mol. The van der Waals surface area contributed by atoms with E-state index < -0.39 is 11.9 Å². The highest BCUT2D eigenvalue weighted by molar-refractivity contribution is 6.03. The Balaban J connectivity index is 1.72. The summed E-state index contributed by atoms with van der Waals surface area (Å²) in [5, 5.41) is 5.80. The van der Waals surface area contributed by atoms with Gasteiger partial charge in [-0.3, -0.25) is 4.79 Å². The van der Waals surface area contributed by atoms with Crippen molar-refractivity contribution >= 4 is 29.2 Å².